The van der Waals surface area contributed by atoms with Crippen LogP contribution in [0.4, 0.5) is 22.0 Å². The minimum absolute atomic E-state index is 0.0828. The molecular formula is C28H33F5O. The predicted molar refractivity (Wildman–Crippen MR) is 122 cm³/mol. The summed E-state index contributed by atoms with van der Waals surface area (Å²) in [7, 11) is 0. The summed E-state index contributed by atoms with van der Waals surface area (Å²) in [6.45, 7) is 2.28. The molecule has 2 saturated carbocycles. The summed E-state index contributed by atoms with van der Waals surface area (Å²) in [5.41, 5.74) is -0.0828. The number of benzene rings is 2. The lowest BCUT2D eigenvalue weighted by Gasteiger charge is -2.37. The Bertz CT molecular complexity index is 952. The topological polar surface area (TPSA) is 9.23 Å². The number of hydrogen-bond donors (Lipinski definition) is 0. The third-order valence-corrected chi connectivity index (χ3v) is 8.17. The Morgan fingerprint density at radius 2 is 1.26 bits per heavy atom. The molecule has 1 nitrogen and oxygen atoms in total. The minimum atomic E-state index is -1.63. The van der Waals surface area contributed by atoms with Gasteiger partial charge in [-0.05, 0) is 74.3 Å². The molecule has 0 aromatic heterocycles. The molecule has 0 atom stereocenters. The molecular weight excluding hydrogens is 447 g/mol. The van der Waals surface area contributed by atoms with E-state index in [0.717, 1.165) is 42.7 Å². The number of hydrogen-bond acceptors (Lipinski definition) is 1. The first kappa shape index (κ1) is 25.0. The molecule has 2 aromatic carbocycles. The second-order valence-corrected chi connectivity index (χ2v) is 10.1. The highest BCUT2D eigenvalue weighted by molar-refractivity contribution is 5.37. The molecule has 0 amide bonds. The van der Waals surface area contributed by atoms with Crippen molar-refractivity contribution in [3.63, 3.8) is 0 Å². The van der Waals surface area contributed by atoms with Gasteiger partial charge in [0.25, 0.3) is 0 Å². The van der Waals surface area contributed by atoms with Crippen LogP contribution >= 0.6 is 0 Å². The zero-order valence-electron chi connectivity index (χ0n) is 19.7. The molecule has 2 aliphatic carbocycles. The second-order valence-electron chi connectivity index (χ2n) is 10.1. The van der Waals surface area contributed by atoms with Gasteiger partial charge < -0.3 is 4.74 Å². The van der Waals surface area contributed by atoms with Crippen LogP contribution in [0.25, 0.3) is 0 Å². The van der Waals surface area contributed by atoms with Gasteiger partial charge in [0.15, 0.2) is 29.0 Å². The molecule has 6 heteroatoms. The van der Waals surface area contributed by atoms with Crippen LogP contribution in [-0.2, 0) is 6.42 Å². The third kappa shape index (κ3) is 5.75. The van der Waals surface area contributed by atoms with Gasteiger partial charge in [-0.2, -0.15) is 0 Å². The Labute approximate surface area is 198 Å². The van der Waals surface area contributed by atoms with Crippen molar-refractivity contribution in [1.29, 1.82) is 0 Å². The SMILES string of the molecule is CCC1CCC(C2CCC(CCc3c(F)ccc(Oc4cc(F)c(F)c(F)c4)c3F)CC2)CC1. The lowest BCUT2D eigenvalue weighted by Crippen LogP contribution is -2.26. The van der Waals surface area contributed by atoms with E-state index in [1.165, 1.54) is 44.9 Å². The number of rotatable bonds is 7. The molecule has 2 aliphatic rings. The molecule has 0 unspecified atom stereocenters. The van der Waals surface area contributed by atoms with Crippen LogP contribution < -0.4 is 4.74 Å². The van der Waals surface area contributed by atoms with Crippen LogP contribution in [0.5, 0.6) is 11.5 Å². The molecule has 2 aromatic rings. The van der Waals surface area contributed by atoms with Crippen LogP contribution in [0.1, 0.15) is 76.7 Å². The molecule has 0 bridgehead atoms. The van der Waals surface area contributed by atoms with Gasteiger partial charge in [0.2, 0.25) is 0 Å². The summed E-state index contributed by atoms with van der Waals surface area (Å²) in [5.74, 6) is -3.81. The molecule has 0 spiro atoms. The maximum absolute atomic E-state index is 15.0. The van der Waals surface area contributed by atoms with Crippen molar-refractivity contribution in [2.75, 3.05) is 0 Å². The van der Waals surface area contributed by atoms with E-state index in [4.69, 9.17) is 4.74 Å². The quantitative estimate of drug-likeness (QED) is 0.284. The van der Waals surface area contributed by atoms with Crippen molar-refractivity contribution in [2.45, 2.75) is 77.6 Å². The molecule has 0 heterocycles. The van der Waals surface area contributed by atoms with E-state index in [2.05, 4.69) is 6.92 Å². The highest BCUT2D eigenvalue weighted by Gasteiger charge is 2.30. The molecule has 0 N–H and O–H groups in total. The van der Waals surface area contributed by atoms with Gasteiger partial charge in [0.05, 0.1) is 0 Å². The van der Waals surface area contributed by atoms with Gasteiger partial charge in [-0.15, -0.1) is 0 Å². The summed E-state index contributed by atoms with van der Waals surface area (Å²) >= 11 is 0. The van der Waals surface area contributed by atoms with Gasteiger partial charge >= 0.3 is 0 Å². The number of halogens is 5. The number of ether oxygens (including phenoxy) is 1. The Hall–Kier alpha value is -2.11. The Morgan fingerprint density at radius 3 is 1.82 bits per heavy atom. The van der Waals surface area contributed by atoms with Crippen molar-refractivity contribution in [3.8, 4) is 11.5 Å². The first-order valence-electron chi connectivity index (χ1n) is 12.6. The fourth-order valence-electron chi connectivity index (χ4n) is 5.97. The van der Waals surface area contributed by atoms with E-state index < -0.39 is 29.1 Å². The van der Waals surface area contributed by atoms with Crippen LogP contribution in [0.2, 0.25) is 0 Å². The fourth-order valence-corrected chi connectivity index (χ4v) is 5.97. The lowest BCUT2D eigenvalue weighted by atomic mass is 9.68. The summed E-state index contributed by atoms with van der Waals surface area (Å²) in [6.07, 6.45) is 12.2. The normalized spacial score (nSPS) is 25.4. The van der Waals surface area contributed by atoms with Crippen molar-refractivity contribution < 1.29 is 26.7 Å². The third-order valence-electron chi connectivity index (χ3n) is 8.17. The van der Waals surface area contributed by atoms with Gasteiger partial charge in [0.1, 0.15) is 11.6 Å². The van der Waals surface area contributed by atoms with E-state index in [-0.39, 0.29) is 23.5 Å². The van der Waals surface area contributed by atoms with Crippen molar-refractivity contribution in [1.82, 2.24) is 0 Å². The Morgan fingerprint density at radius 1 is 0.706 bits per heavy atom. The highest BCUT2D eigenvalue weighted by atomic mass is 19.2. The molecule has 34 heavy (non-hydrogen) atoms. The van der Waals surface area contributed by atoms with Crippen molar-refractivity contribution in [2.24, 2.45) is 23.7 Å². The summed E-state index contributed by atoms with van der Waals surface area (Å²) in [5, 5.41) is 0. The zero-order valence-corrected chi connectivity index (χ0v) is 19.7. The van der Waals surface area contributed by atoms with E-state index in [0.29, 0.717) is 24.5 Å². The van der Waals surface area contributed by atoms with Gasteiger partial charge in [-0.1, -0.05) is 39.0 Å². The average molecular weight is 481 g/mol. The molecule has 2 fully saturated rings. The first-order valence-corrected chi connectivity index (χ1v) is 12.6. The smallest absolute Gasteiger partial charge is 0.194 e. The van der Waals surface area contributed by atoms with Crippen LogP contribution in [-0.4, -0.2) is 0 Å². The maximum atomic E-state index is 15.0. The van der Waals surface area contributed by atoms with Crippen molar-refractivity contribution in [3.05, 3.63) is 58.9 Å². The largest absolute Gasteiger partial charge is 0.454 e. The van der Waals surface area contributed by atoms with Crippen LogP contribution in [0.15, 0.2) is 24.3 Å². The Balaban J connectivity index is 1.33. The van der Waals surface area contributed by atoms with E-state index in [9.17, 15) is 22.0 Å². The monoisotopic (exact) mass is 480 g/mol. The summed E-state index contributed by atoms with van der Waals surface area (Å²) < 4.78 is 74.7. The fraction of sp³-hybridized carbons (Fsp3) is 0.571. The van der Waals surface area contributed by atoms with Crippen LogP contribution in [0, 0.1) is 52.8 Å². The van der Waals surface area contributed by atoms with E-state index in [1.807, 2.05) is 0 Å². The van der Waals surface area contributed by atoms with Gasteiger partial charge in [-0.3, -0.25) is 0 Å². The first-order chi connectivity index (χ1) is 16.4. The Kier molecular flexibility index (Phi) is 8.15. The maximum Gasteiger partial charge on any atom is 0.194 e. The predicted octanol–water partition coefficient (Wildman–Crippen LogP) is 9.13. The lowest BCUT2D eigenvalue weighted by molar-refractivity contribution is 0.142. The standard InChI is InChI=1S/C28H33F5O/c1-2-17-3-8-19(9-4-17)20-10-5-18(6-11-20)7-12-22-23(29)13-14-26(27(22)32)34-21-15-24(30)28(33)25(31)16-21/h13-20H,2-12H2,1H3. The second kappa shape index (κ2) is 11.1. The van der Waals surface area contributed by atoms with Crippen molar-refractivity contribution >= 4 is 0 Å². The van der Waals surface area contributed by atoms with Crippen LogP contribution in [0.3, 0.4) is 0 Å². The average Bonchev–Trinajstić information content (AvgIpc) is 2.84. The van der Waals surface area contributed by atoms with E-state index in [1.54, 1.807) is 0 Å². The van der Waals surface area contributed by atoms with Gasteiger partial charge in [-0.25, -0.2) is 22.0 Å². The zero-order chi connectivity index (χ0) is 24.2. The molecule has 0 radical (unpaired) electrons. The molecule has 4 rings (SSSR count). The highest BCUT2D eigenvalue weighted by Crippen LogP contribution is 2.43. The summed E-state index contributed by atoms with van der Waals surface area (Å²) in [4.78, 5) is 0. The minimum Gasteiger partial charge on any atom is -0.454 e. The van der Waals surface area contributed by atoms with Gasteiger partial charge in [0, 0.05) is 17.7 Å². The summed E-state index contributed by atoms with van der Waals surface area (Å²) in [6, 6.07) is 3.43. The molecule has 0 saturated heterocycles. The molecule has 186 valence electrons. The molecule has 0 aliphatic heterocycles. The van der Waals surface area contributed by atoms with E-state index >= 15 is 0 Å².